The van der Waals surface area contributed by atoms with Gasteiger partial charge in [0.05, 0.1) is 47.6 Å². The number of urea groups is 2. The number of benzene rings is 3. The second kappa shape index (κ2) is 18.6. The quantitative estimate of drug-likeness (QED) is 0.117. The smallest absolute Gasteiger partial charge is 0.379 e. The van der Waals surface area contributed by atoms with Gasteiger partial charge in [-0.25, -0.2) is 29.5 Å². The van der Waals surface area contributed by atoms with Crippen LogP contribution in [0.4, 0.5) is 40.1 Å². The summed E-state index contributed by atoms with van der Waals surface area (Å²) in [5, 5.41) is 9.96. The van der Waals surface area contributed by atoms with Crippen molar-refractivity contribution in [3.8, 4) is 22.5 Å². The monoisotopic (exact) mass is 821 g/mol. The van der Waals surface area contributed by atoms with Gasteiger partial charge in [-0.1, -0.05) is 72.3 Å². The van der Waals surface area contributed by atoms with Gasteiger partial charge in [-0.3, -0.25) is 25.5 Å². The SMILES string of the molecule is O=C(NCCN1CCOCC1)Nc1ccc2ncc(-c3ccccc3)nc2n1.O=C(Nc1ccc(Cl)c(C(F)(F)F)c1)Nc1ccc2ncc(-c3ccccc3)nc2n1. The minimum atomic E-state index is -4.64. The molecule has 0 bridgehead atoms. The molecular formula is C41H35ClF3N11O3. The van der Waals surface area contributed by atoms with Crippen molar-refractivity contribution in [2.24, 2.45) is 0 Å². The molecule has 0 unspecified atom stereocenters. The van der Waals surface area contributed by atoms with Gasteiger partial charge < -0.3 is 15.4 Å². The van der Waals surface area contributed by atoms with E-state index in [1.54, 1.807) is 30.6 Å². The highest BCUT2D eigenvalue weighted by Gasteiger charge is 2.33. The summed E-state index contributed by atoms with van der Waals surface area (Å²) in [6.45, 7) is 4.67. The summed E-state index contributed by atoms with van der Waals surface area (Å²) in [5.41, 5.74) is 4.08. The normalized spacial score (nSPS) is 12.9. The predicted molar refractivity (Wildman–Crippen MR) is 219 cm³/mol. The van der Waals surface area contributed by atoms with E-state index < -0.39 is 22.8 Å². The highest BCUT2D eigenvalue weighted by Crippen LogP contribution is 2.36. The fourth-order valence-corrected chi connectivity index (χ4v) is 6.07. The van der Waals surface area contributed by atoms with Crippen molar-refractivity contribution in [3.63, 3.8) is 0 Å². The second-order valence-electron chi connectivity index (χ2n) is 12.9. The molecule has 14 nitrogen and oxygen atoms in total. The number of alkyl halides is 3. The number of rotatable bonds is 8. The average Bonchev–Trinajstić information content (AvgIpc) is 3.24. The number of nitrogens with zero attached hydrogens (tertiary/aromatic N) is 7. The van der Waals surface area contributed by atoms with Crippen LogP contribution in [0.2, 0.25) is 5.02 Å². The number of carbonyl (C=O) groups is 2. The zero-order chi connectivity index (χ0) is 41.2. The van der Waals surface area contributed by atoms with Gasteiger partial charge in [-0.15, -0.1) is 0 Å². The first-order chi connectivity index (χ1) is 28.6. The number of hydrogen-bond donors (Lipinski definition) is 4. The second-order valence-corrected chi connectivity index (χ2v) is 13.3. The zero-order valence-electron chi connectivity index (χ0n) is 31.1. The van der Waals surface area contributed by atoms with Gasteiger partial charge in [0, 0.05) is 43.0 Å². The fourth-order valence-electron chi connectivity index (χ4n) is 5.84. The van der Waals surface area contributed by atoms with Gasteiger partial charge in [-0.05, 0) is 42.5 Å². The lowest BCUT2D eigenvalue weighted by Gasteiger charge is -2.26. The van der Waals surface area contributed by atoms with Crippen molar-refractivity contribution in [1.82, 2.24) is 40.1 Å². The Bertz CT molecular complexity index is 2560. The average molecular weight is 822 g/mol. The van der Waals surface area contributed by atoms with Crippen LogP contribution < -0.4 is 21.3 Å². The molecule has 4 N–H and O–H groups in total. The fraction of sp³-hybridized carbons (Fsp3) is 0.171. The van der Waals surface area contributed by atoms with E-state index in [2.05, 4.69) is 56.1 Å². The van der Waals surface area contributed by atoms with Crippen LogP contribution in [0.3, 0.4) is 0 Å². The summed E-state index contributed by atoms with van der Waals surface area (Å²) in [7, 11) is 0. The summed E-state index contributed by atoms with van der Waals surface area (Å²) in [6.07, 6.45) is -1.29. The first-order valence-electron chi connectivity index (χ1n) is 18.3. The van der Waals surface area contributed by atoms with E-state index in [9.17, 15) is 22.8 Å². The van der Waals surface area contributed by atoms with Crippen LogP contribution in [0.15, 0.2) is 116 Å². The van der Waals surface area contributed by atoms with Crippen LogP contribution in [-0.2, 0) is 10.9 Å². The Hall–Kier alpha value is -6.82. The molecule has 18 heteroatoms. The van der Waals surface area contributed by atoms with Crippen LogP contribution in [0.25, 0.3) is 44.8 Å². The Morgan fingerprint density at radius 3 is 1.76 bits per heavy atom. The third kappa shape index (κ3) is 11.0. The van der Waals surface area contributed by atoms with Crippen molar-refractivity contribution < 1.29 is 27.5 Å². The number of morpholine rings is 1. The van der Waals surface area contributed by atoms with Crippen molar-refractivity contribution in [1.29, 1.82) is 0 Å². The number of hydrogen-bond acceptors (Lipinski definition) is 10. The molecule has 7 aromatic rings. The molecule has 0 saturated carbocycles. The summed E-state index contributed by atoms with van der Waals surface area (Å²) in [4.78, 5) is 53.1. The van der Waals surface area contributed by atoms with Gasteiger partial charge >= 0.3 is 18.2 Å². The zero-order valence-corrected chi connectivity index (χ0v) is 31.8. The van der Waals surface area contributed by atoms with Crippen molar-refractivity contribution in [2.75, 3.05) is 55.3 Å². The Morgan fingerprint density at radius 1 is 0.678 bits per heavy atom. The van der Waals surface area contributed by atoms with Gasteiger partial charge in [0.2, 0.25) is 0 Å². The van der Waals surface area contributed by atoms with E-state index in [-0.39, 0.29) is 17.5 Å². The minimum Gasteiger partial charge on any atom is -0.379 e. The Balaban J connectivity index is 0.000000180. The van der Waals surface area contributed by atoms with Crippen LogP contribution in [0.1, 0.15) is 5.56 Å². The molecule has 1 aliphatic rings. The number of anilines is 3. The van der Waals surface area contributed by atoms with E-state index in [1.807, 2.05) is 60.7 Å². The number of fused-ring (bicyclic) bond motifs is 2. The lowest BCUT2D eigenvalue weighted by molar-refractivity contribution is -0.137. The standard InChI is InChI=1S/C21H13ClF3N5O.C20H22N6O2/c22-15-7-6-13(10-14(15)21(23,24)25)27-20(31)30-18-9-8-16-19(29-18)28-17(11-26-16)12-4-2-1-3-5-12;27-20(21-8-9-26-10-12-28-13-11-26)25-18-7-6-16-19(24-18)23-17(14-22-16)15-4-2-1-3-5-15/h1-11H,(H2,27,28,29,30,31);1-7,14H,8-13H2,(H2,21,23,24,25,27). The van der Waals surface area contributed by atoms with Gasteiger partial charge in [0.1, 0.15) is 22.7 Å². The van der Waals surface area contributed by atoms with E-state index in [4.69, 9.17) is 16.3 Å². The van der Waals surface area contributed by atoms with Crippen LogP contribution in [0, 0.1) is 0 Å². The summed E-state index contributed by atoms with van der Waals surface area (Å²) in [6, 6.07) is 27.9. The topological polar surface area (TPSA) is 172 Å². The maximum Gasteiger partial charge on any atom is 0.417 e. The third-order valence-corrected chi connectivity index (χ3v) is 9.11. The van der Waals surface area contributed by atoms with Gasteiger partial charge in [0.25, 0.3) is 0 Å². The molecule has 5 heterocycles. The lowest BCUT2D eigenvalue weighted by atomic mass is 10.2. The van der Waals surface area contributed by atoms with Crippen molar-refractivity contribution >= 4 is 63.3 Å². The first-order valence-corrected chi connectivity index (χ1v) is 18.6. The molecule has 3 aromatic carbocycles. The molecule has 0 atom stereocenters. The summed E-state index contributed by atoms with van der Waals surface area (Å²) < 4.78 is 44.3. The van der Waals surface area contributed by atoms with Crippen LogP contribution in [0.5, 0.6) is 0 Å². The highest BCUT2D eigenvalue weighted by molar-refractivity contribution is 6.31. The molecule has 0 spiro atoms. The van der Waals surface area contributed by atoms with Crippen LogP contribution in [-0.4, -0.2) is 86.3 Å². The summed E-state index contributed by atoms with van der Waals surface area (Å²) >= 11 is 5.59. The van der Waals surface area contributed by atoms with E-state index >= 15 is 0 Å². The van der Waals surface area contributed by atoms with Gasteiger partial charge in [-0.2, -0.15) is 13.2 Å². The third-order valence-electron chi connectivity index (χ3n) is 8.78. The Morgan fingerprint density at radius 2 is 1.22 bits per heavy atom. The number of nitrogens with one attached hydrogen (secondary N) is 4. The van der Waals surface area contributed by atoms with Crippen molar-refractivity contribution in [3.05, 3.63) is 126 Å². The molecular weight excluding hydrogens is 787 g/mol. The highest BCUT2D eigenvalue weighted by atomic mass is 35.5. The largest absolute Gasteiger partial charge is 0.417 e. The maximum atomic E-state index is 13.0. The van der Waals surface area contributed by atoms with E-state index in [0.29, 0.717) is 40.4 Å². The number of halogens is 4. The predicted octanol–water partition coefficient (Wildman–Crippen LogP) is 8.15. The molecule has 59 heavy (non-hydrogen) atoms. The molecule has 0 aliphatic carbocycles. The van der Waals surface area contributed by atoms with Crippen molar-refractivity contribution in [2.45, 2.75) is 6.18 Å². The summed E-state index contributed by atoms with van der Waals surface area (Å²) in [5.74, 6) is 0.602. The number of amides is 4. The molecule has 8 rings (SSSR count). The number of pyridine rings is 2. The lowest BCUT2D eigenvalue weighted by Crippen LogP contribution is -2.42. The Labute approximate surface area is 340 Å². The number of aromatic nitrogens is 6. The Kier molecular flexibility index (Phi) is 12.7. The molecule has 4 amide bonds. The molecule has 1 fully saturated rings. The molecule has 4 aromatic heterocycles. The number of carbonyl (C=O) groups excluding carboxylic acids is 2. The van der Waals surface area contributed by atoms with Crippen LogP contribution >= 0.6 is 11.6 Å². The van der Waals surface area contributed by atoms with E-state index in [0.717, 1.165) is 61.8 Å². The number of ether oxygens (including phenoxy) is 1. The maximum absolute atomic E-state index is 13.0. The minimum absolute atomic E-state index is 0.0684. The molecule has 1 aliphatic heterocycles. The molecule has 1 saturated heterocycles. The first kappa shape index (κ1) is 40.4. The molecule has 300 valence electrons. The van der Waals surface area contributed by atoms with Gasteiger partial charge in [0.15, 0.2) is 11.3 Å². The molecule has 0 radical (unpaired) electrons. The van der Waals surface area contributed by atoms with E-state index in [1.165, 1.54) is 12.1 Å².